The summed E-state index contributed by atoms with van der Waals surface area (Å²) in [5.41, 5.74) is 2.20. The van der Waals surface area contributed by atoms with Crippen molar-refractivity contribution in [1.29, 1.82) is 0 Å². The van der Waals surface area contributed by atoms with E-state index in [9.17, 15) is 19.5 Å². The van der Waals surface area contributed by atoms with Gasteiger partial charge in [-0.15, -0.1) is 6.58 Å². The van der Waals surface area contributed by atoms with E-state index in [1.54, 1.807) is 15.9 Å². The first-order valence-electron chi connectivity index (χ1n) is 13.0. The number of nitrogens with zero attached hydrogens (tertiary/aromatic N) is 2. The van der Waals surface area contributed by atoms with Crippen molar-refractivity contribution in [3.63, 3.8) is 0 Å². The van der Waals surface area contributed by atoms with Crippen LogP contribution in [0.2, 0.25) is 18.6 Å². The van der Waals surface area contributed by atoms with Crippen molar-refractivity contribution in [2.45, 2.75) is 62.7 Å². The average Bonchev–Trinajstić information content (AvgIpc) is 3.30. The summed E-state index contributed by atoms with van der Waals surface area (Å²) in [6.45, 7) is 10.2. The number of rotatable bonds is 6. The molecule has 0 unspecified atom stereocenters. The molecule has 8 heteroatoms. The second kappa shape index (κ2) is 9.51. The molecule has 0 radical (unpaired) electrons. The van der Waals surface area contributed by atoms with Crippen LogP contribution in [0.15, 0.2) is 61.2 Å². The molecule has 2 N–H and O–H groups in total. The predicted molar refractivity (Wildman–Crippen MR) is 144 cm³/mol. The number of anilines is 1. The zero-order valence-electron chi connectivity index (χ0n) is 21.8. The van der Waals surface area contributed by atoms with E-state index in [0.717, 1.165) is 22.4 Å². The Bertz CT molecular complexity index is 1230. The number of hydrogen-bond acceptors (Lipinski definition) is 5. The maximum absolute atomic E-state index is 14.0. The molecule has 0 bridgehead atoms. The zero-order chi connectivity index (χ0) is 26.5. The molecule has 0 aliphatic carbocycles. The monoisotopic (exact) mass is 520 g/mol. The van der Waals surface area contributed by atoms with E-state index < -0.39 is 20.0 Å². The average molecular weight is 521 g/mol. The van der Waals surface area contributed by atoms with Gasteiger partial charge in [-0.2, -0.15) is 0 Å². The molecular weight excluding hydrogens is 484 g/mol. The molecule has 7 nitrogen and oxygen atoms in total. The van der Waals surface area contributed by atoms with Crippen molar-refractivity contribution in [3.8, 4) is 0 Å². The van der Waals surface area contributed by atoms with E-state index in [1.807, 2.05) is 68.5 Å². The molecule has 3 aliphatic rings. The lowest BCUT2D eigenvalue weighted by Crippen LogP contribution is -2.48. The molecule has 3 aliphatic heterocycles. The molecule has 0 saturated carbocycles. The van der Waals surface area contributed by atoms with Crippen LogP contribution in [-0.2, 0) is 32.9 Å². The third-order valence-electron chi connectivity index (χ3n) is 8.47. The molecule has 37 heavy (non-hydrogen) atoms. The second-order valence-electron chi connectivity index (χ2n) is 11.1. The van der Waals surface area contributed by atoms with Crippen LogP contribution in [0.3, 0.4) is 0 Å². The van der Waals surface area contributed by atoms with E-state index >= 15 is 0 Å². The van der Waals surface area contributed by atoms with Crippen molar-refractivity contribution in [1.82, 2.24) is 4.90 Å². The largest absolute Gasteiger partial charge is 0.432 e. The third-order valence-corrected chi connectivity index (χ3v) is 11.0. The SMILES string of the molecule is C=CCN1C(=O)[C@]2(O[C@H](CC(=O)N3Cc4ccccc4C[C@H]3CO)[C@@H]([Si](C)(C)O)[C@@H]2C)c2ccccc21. The lowest BCUT2D eigenvalue weighted by Gasteiger charge is -2.37. The molecule has 2 amide bonds. The lowest BCUT2D eigenvalue weighted by molar-refractivity contribution is -0.150. The van der Waals surface area contributed by atoms with E-state index in [1.165, 1.54) is 0 Å². The first kappa shape index (κ1) is 25.8. The van der Waals surface area contributed by atoms with Crippen LogP contribution in [0, 0.1) is 5.92 Å². The molecular formula is C29H36N2O5Si. The Morgan fingerprint density at radius 3 is 2.54 bits per heavy atom. The Hall–Kier alpha value is -2.78. The van der Waals surface area contributed by atoms with Gasteiger partial charge >= 0.3 is 0 Å². The molecule has 1 fully saturated rings. The van der Waals surface area contributed by atoms with Crippen LogP contribution in [0.25, 0.3) is 0 Å². The number of ether oxygens (including phenoxy) is 1. The first-order valence-corrected chi connectivity index (χ1v) is 16.1. The van der Waals surface area contributed by atoms with Gasteiger partial charge in [0.05, 0.1) is 30.9 Å². The summed E-state index contributed by atoms with van der Waals surface area (Å²) >= 11 is 0. The Balaban J connectivity index is 1.49. The maximum atomic E-state index is 14.0. The van der Waals surface area contributed by atoms with Gasteiger partial charge in [0.1, 0.15) is 0 Å². The van der Waals surface area contributed by atoms with Crippen molar-refractivity contribution < 1.29 is 24.2 Å². The van der Waals surface area contributed by atoms with Gasteiger partial charge in [-0.3, -0.25) is 9.59 Å². The van der Waals surface area contributed by atoms with Crippen LogP contribution in [0.5, 0.6) is 0 Å². The topological polar surface area (TPSA) is 90.3 Å². The molecule has 3 heterocycles. The fraction of sp³-hybridized carbons (Fsp3) is 0.448. The number of para-hydroxylation sites is 1. The molecule has 1 spiro atoms. The van der Waals surface area contributed by atoms with Crippen molar-refractivity contribution in [2.75, 3.05) is 18.1 Å². The predicted octanol–water partition coefficient (Wildman–Crippen LogP) is 3.35. The highest BCUT2D eigenvalue weighted by molar-refractivity contribution is 6.71. The molecule has 2 aromatic rings. The normalized spacial score (nSPS) is 28.9. The van der Waals surface area contributed by atoms with Crippen LogP contribution in [0.1, 0.15) is 30.0 Å². The van der Waals surface area contributed by atoms with Crippen LogP contribution < -0.4 is 4.90 Å². The minimum atomic E-state index is -2.87. The maximum Gasteiger partial charge on any atom is 0.264 e. The van der Waals surface area contributed by atoms with E-state index in [2.05, 4.69) is 6.58 Å². The second-order valence-corrected chi connectivity index (χ2v) is 15.1. The highest BCUT2D eigenvalue weighted by Gasteiger charge is 2.66. The quantitative estimate of drug-likeness (QED) is 0.450. The number of hydrogen-bond donors (Lipinski definition) is 2. The van der Waals surface area contributed by atoms with E-state index in [0.29, 0.717) is 19.5 Å². The Labute approximate surface area is 219 Å². The fourth-order valence-electron chi connectivity index (χ4n) is 6.87. The summed E-state index contributed by atoms with van der Waals surface area (Å²) in [7, 11) is -2.87. The summed E-state index contributed by atoms with van der Waals surface area (Å²) in [6.07, 6.45) is 1.71. The smallest absolute Gasteiger partial charge is 0.264 e. The number of carbonyl (C=O) groups excluding carboxylic acids is 2. The van der Waals surface area contributed by atoms with Crippen molar-refractivity contribution in [3.05, 3.63) is 77.9 Å². The standard InChI is InChI=1S/C29H36N2O5Si/c1-5-14-30-24-13-9-8-12-23(24)29(28(30)34)19(2)27(37(3,4)35)25(36-29)16-26(33)31-17-21-11-7-6-10-20(21)15-22(31)18-32/h5-13,19,22,25,27,32,35H,1,14-18H2,2-4H3/t19-,22-,25+,27-,29+/m0/s1. The van der Waals surface area contributed by atoms with E-state index in [4.69, 9.17) is 4.74 Å². The summed E-state index contributed by atoms with van der Waals surface area (Å²) < 4.78 is 6.72. The number of amides is 2. The number of aliphatic hydroxyl groups is 1. The fourth-order valence-corrected chi connectivity index (χ4v) is 9.43. The van der Waals surface area contributed by atoms with Crippen LogP contribution >= 0.6 is 0 Å². The van der Waals surface area contributed by atoms with Gasteiger partial charge in [0.15, 0.2) is 13.9 Å². The number of benzene rings is 2. The van der Waals surface area contributed by atoms with Gasteiger partial charge in [0, 0.05) is 30.1 Å². The van der Waals surface area contributed by atoms with Crippen LogP contribution in [0.4, 0.5) is 5.69 Å². The number of carbonyl (C=O) groups is 2. The van der Waals surface area contributed by atoms with Gasteiger partial charge in [0.25, 0.3) is 5.91 Å². The Kier molecular flexibility index (Phi) is 6.64. The van der Waals surface area contributed by atoms with Crippen LogP contribution in [-0.4, -0.2) is 60.2 Å². The molecule has 1 saturated heterocycles. The highest BCUT2D eigenvalue weighted by Crippen LogP contribution is 2.59. The summed E-state index contributed by atoms with van der Waals surface area (Å²) in [5, 5.41) is 10.1. The number of aliphatic hydroxyl groups excluding tert-OH is 1. The molecule has 5 atom stereocenters. The minimum Gasteiger partial charge on any atom is -0.432 e. The van der Waals surface area contributed by atoms with E-state index in [-0.39, 0.29) is 42.3 Å². The first-order chi connectivity index (χ1) is 17.6. The summed E-state index contributed by atoms with van der Waals surface area (Å²) in [4.78, 5) is 42.6. The molecule has 2 aromatic carbocycles. The van der Waals surface area contributed by atoms with Gasteiger partial charge in [-0.25, -0.2) is 0 Å². The zero-order valence-corrected chi connectivity index (χ0v) is 22.8. The minimum absolute atomic E-state index is 0.0450. The third kappa shape index (κ3) is 4.07. The lowest BCUT2D eigenvalue weighted by atomic mass is 9.82. The van der Waals surface area contributed by atoms with Gasteiger partial charge in [0.2, 0.25) is 5.91 Å². The summed E-state index contributed by atoms with van der Waals surface area (Å²) in [6, 6.07) is 15.3. The Morgan fingerprint density at radius 2 is 1.86 bits per heavy atom. The Morgan fingerprint density at radius 1 is 1.19 bits per heavy atom. The highest BCUT2D eigenvalue weighted by atomic mass is 28.4. The molecule has 0 aromatic heterocycles. The number of fused-ring (bicyclic) bond motifs is 3. The molecule has 5 rings (SSSR count). The van der Waals surface area contributed by atoms with Gasteiger partial charge in [-0.05, 0) is 36.7 Å². The van der Waals surface area contributed by atoms with Crippen molar-refractivity contribution in [2.24, 2.45) is 5.92 Å². The van der Waals surface area contributed by atoms with Crippen molar-refractivity contribution >= 4 is 25.8 Å². The van der Waals surface area contributed by atoms with Gasteiger partial charge < -0.3 is 24.4 Å². The van der Waals surface area contributed by atoms with Gasteiger partial charge in [-0.1, -0.05) is 55.5 Å². The molecule has 196 valence electrons. The summed E-state index contributed by atoms with van der Waals surface area (Å²) in [5.74, 6) is -0.622.